The number of carboxylic acid groups (broad SMARTS) is 2. The zero-order valence-corrected chi connectivity index (χ0v) is 79.7. The number of phosphoric ester groups is 2. The van der Waals surface area contributed by atoms with Crippen molar-refractivity contribution in [2.45, 2.75) is 239 Å². The Balaban J connectivity index is -0.00000185. The molecule has 736 valence electrons. The molecule has 0 aromatic heterocycles. The second-order valence-corrected chi connectivity index (χ2v) is 37.2. The van der Waals surface area contributed by atoms with Gasteiger partial charge in [-0.1, -0.05) is 236 Å². The molecule has 2 atom stereocenters. The third kappa shape index (κ3) is 84.7. The van der Waals surface area contributed by atoms with Crippen LogP contribution in [0.15, 0.2) is 48.5 Å². The minimum absolute atomic E-state index is 0. The van der Waals surface area contributed by atoms with Crippen LogP contribution in [0.2, 0.25) is 0 Å². The fourth-order valence-electron chi connectivity index (χ4n) is 13.2. The number of unbranched alkanes of at least 4 members (excludes halogenated alkanes) is 30. The van der Waals surface area contributed by atoms with Gasteiger partial charge in [0.05, 0.1) is 108 Å². The maximum absolute atomic E-state index is 12.4. The van der Waals surface area contributed by atoms with E-state index in [1.807, 2.05) is 63.4 Å². The summed E-state index contributed by atoms with van der Waals surface area (Å²) in [4.78, 5) is 163. The summed E-state index contributed by atoms with van der Waals surface area (Å²) in [5.41, 5.74) is 5.11. The van der Waals surface area contributed by atoms with Crippen LogP contribution in [0.25, 0.3) is 0 Å². The Morgan fingerprint density at radius 1 is 0.391 bits per heavy atom. The Morgan fingerprint density at radius 3 is 0.945 bits per heavy atom. The molecule has 4 rings (SSSR count). The van der Waals surface area contributed by atoms with Crippen LogP contribution >= 0.6 is 15.6 Å². The van der Waals surface area contributed by atoms with Gasteiger partial charge in [0.1, 0.15) is 26.3 Å². The van der Waals surface area contributed by atoms with E-state index in [0.717, 1.165) is 70.0 Å². The molecule has 2 heterocycles. The van der Waals surface area contributed by atoms with Gasteiger partial charge in [-0.05, 0) is 88.3 Å². The molecule has 0 amide bonds. The number of benzene rings is 2. The monoisotopic (exact) mass is 1860 g/mol. The number of likely N-dealkylation sites (N-methyl/N-ethyl adjacent to an activating group) is 4. The van der Waals surface area contributed by atoms with Crippen LogP contribution in [0.5, 0.6) is 0 Å². The molecule has 2 unspecified atom stereocenters. The minimum Gasteiger partial charge on any atom is -0.756 e. The van der Waals surface area contributed by atoms with E-state index in [1.54, 1.807) is 19.6 Å². The lowest BCUT2D eigenvalue weighted by Gasteiger charge is -2.30. The smallest absolute Gasteiger partial charge is 0.373 e. The Hall–Kier alpha value is -6.87. The second-order valence-electron chi connectivity index (χ2n) is 34.4. The number of ether oxygens (including phenoxy) is 3. The molecule has 2 aliphatic rings. The van der Waals surface area contributed by atoms with Gasteiger partial charge in [0.15, 0.2) is 0 Å². The topological polar surface area (TPSA) is 447 Å². The minimum atomic E-state index is -4.18. The molecule has 2 aromatic carbocycles. The number of esters is 5. The number of quaternary nitrogens is 2. The molecule has 0 saturated carbocycles. The lowest BCUT2D eigenvalue weighted by Crippen LogP contribution is -2.49. The number of carbonyl (C=O) groups excluding carboxylic acids is 11. The predicted octanol–water partition coefficient (Wildman–Crippen LogP) is 9.89. The number of hydrogen-bond donors (Lipinski definition) is 3. The Morgan fingerprint density at radius 2 is 0.656 bits per heavy atom. The molecule has 0 radical (unpaired) electrons. The zero-order valence-electron chi connectivity index (χ0n) is 77.9. The number of carbonyl (C=O) groups is 7. The molecule has 2 fully saturated rings. The number of carboxylic acids is 2. The number of cyclic esters (lactones) is 4. The molecule has 3 N–H and O–H groups in total. The molecule has 128 heavy (non-hydrogen) atoms. The number of aryl methyl sites for hydroxylation is 2. The van der Waals surface area contributed by atoms with Crippen LogP contribution in [0, 0.1) is 0 Å². The first-order valence-corrected chi connectivity index (χ1v) is 48.2. The highest BCUT2D eigenvalue weighted by atomic mass is 31.2. The van der Waals surface area contributed by atoms with Crippen molar-refractivity contribution in [2.75, 3.05) is 214 Å². The number of aliphatic carboxylic acids is 2. The van der Waals surface area contributed by atoms with Gasteiger partial charge in [-0.2, -0.15) is 28.8 Å². The zero-order chi connectivity index (χ0) is 95.3. The third-order valence-corrected chi connectivity index (χ3v) is 22.5. The van der Waals surface area contributed by atoms with Crippen molar-refractivity contribution in [3.8, 4) is 0 Å². The molecule has 0 aliphatic carbocycles. The van der Waals surface area contributed by atoms with E-state index in [9.17, 15) is 57.6 Å². The van der Waals surface area contributed by atoms with E-state index < -0.39 is 51.5 Å². The van der Waals surface area contributed by atoms with Crippen molar-refractivity contribution in [1.82, 2.24) is 29.4 Å². The van der Waals surface area contributed by atoms with Crippen molar-refractivity contribution in [2.24, 2.45) is 0 Å². The Labute approximate surface area is 763 Å². The number of aliphatic hydroxyl groups excluding tert-OH is 1. The highest BCUT2D eigenvalue weighted by molar-refractivity contribution is 7.46. The lowest BCUT2D eigenvalue weighted by atomic mass is 10.0. The summed E-state index contributed by atoms with van der Waals surface area (Å²) >= 11 is 0. The predicted molar refractivity (Wildman–Crippen MR) is 479 cm³/mol. The van der Waals surface area contributed by atoms with Gasteiger partial charge in [0.25, 0.3) is 15.6 Å². The maximum atomic E-state index is 12.4. The normalized spacial score (nSPS) is 13.8. The van der Waals surface area contributed by atoms with Gasteiger partial charge >= 0.3 is 60.2 Å². The van der Waals surface area contributed by atoms with Crippen molar-refractivity contribution >= 4 is 75.9 Å². The quantitative estimate of drug-likeness (QED) is 0.0138. The highest BCUT2D eigenvalue weighted by Gasteiger charge is 2.28. The summed E-state index contributed by atoms with van der Waals surface area (Å²) < 4.78 is 58.9. The Kier molecular flexibility index (Phi) is 79.2. The molecule has 2 aliphatic heterocycles. The summed E-state index contributed by atoms with van der Waals surface area (Å²) in [5, 5.41) is 27.3. The molecule has 0 spiro atoms. The summed E-state index contributed by atoms with van der Waals surface area (Å²) in [5.74, 6) is -4.89. The van der Waals surface area contributed by atoms with Crippen LogP contribution in [-0.2, 0) is 129 Å². The molecule has 37 heteroatoms. The van der Waals surface area contributed by atoms with Crippen LogP contribution in [0.1, 0.15) is 235 Å². The summed E-state index contributed by atoms with van der Waals surface area (Å²) in [6, 6.07) is 17.3. The summed E-state index contributed by atoms with van der Waals surface area (Å²) in [6.45, 7) is 6.14. The van der Waals surface area contributed by atoms with Crippen molar-refractivity contribution in [3.05, 3.63) is 70.8 Å². The van der Waals surface area contributed by atoms with Crippen LogP contribution < -0.4 is 9.79 Å². The van der Waals surface area contributed by atoms with Gasteiger partial charge in [0, 0.05) is 65.4 Å². The molecule has 2 aromatic rings. The maximum Gasteiger partial charge on any atom is 0.373 e. The first-order valence-electron chi connectivity index (χ1n) is 45.3. The number of phosphoric acid groups is 2. The van der Waals surface area contributed by atoms with E-state index >= 15 is 0 Å². The number of nitrogens with zero attached hydrogens (tertiary/aromatic N) is 8. The van der Waals surface area contributed by atoms with Crippen LogP contribution in [0.3, 0.4) is 0 Å². The second kappa shape index (κ2) is 80.9. The van der Waals surface area contributed by atoms with E-state index in [1.165, 1.54) is 190 Å². The van der Waals surface area contributed by atoms with E-state index in [0.29, 0.717) is 67.7 Å². The molecule has 0 bridgehead atoms. The van der Waals surface area contributed by atoms with Gasteiger partial charge in [-0.25, -0.2) is 0 Å². The van der Waals surface area contributed by atoms with Crippen molar-refractivity contribution in [1.29, 1.82) is 0 Å². The fraction of sp³-hybridized carbons (Fsp3) is 0.758. The lowest BCUT2D eigenvalue weighted by molar-refractivity contribution is -0.870. The van der Waals surface area contributed by atoms with Gasteiger partial charge < -0.3 is 76.2 Å². The molecule has 35 nitrogen and oxygen atoms in total. The van der Waals surface area contributed by atoms with Gasteiger partial charge in [-0.3, -0.25) is 62.3 Å². The van der Waals surface area contributed by atoms with Crippen LogP contribution in [0.4, 0.5) is 0 Å². The third-order valence-electron chi connectivity index (χ3n) is 20.5. The number of morpholine rings is 2. The number of aliphatic hydroxyl groups is 1. The highest BCUT2D eigenvalue weighted by Crippen LogP contribution is 2.39. The Bertz CT molecular complexity index is 3300. The van der Waals surface area contributed by atoms with Crippen LogP contribution in [-0.4, -0.2) is 328 Å². The fourth-order valence-corrected chi connectivity index (χ4v) is 14.7. The van der Waals surface area contributed by atoms with E-state index in [4.69, 9.17) is 61.8 Å². The largest absolute Gasteiger partial charge is 0.756 e. The molecule has 2 saturated heterocycles. The SMILES string of the molecule is C.CN(C)CCN(C)CCN(CC(=O)O)CC(=O)OCCc1ccc(CCCCCCCCCCCCCCCCCCOP(=O)([O-])OCC[N+](C)(C)C)cc1.C[N+](C)(C)CCOP(=O)([O-])OCCCCCCCCCCCCCCCCCCc1ccc(CCO)cc1.O=C(O)CN(CCN1CC(=O)OC(=O)C1)CCN1CC(=O)OC(=O)C1.O=C=O.O=C=O.O=C=O. The number of rotatable bonds is 71. The first-order chi connectivity index (χ1) is 60.4. The van der Waals surface area contributed by atoms with Crippen molar-refractivity contribution < 1.29 is 138 Å². The average Bonchev–Trinajstić information content (AvgIpc) is 0.876. The van der Waals surface area contributed by atoms with Crippen molar-refractivity contribution in [3.63, 3.8) is 0 Å². The van der Waals surface area contributed by atoms with Gasteiger partial charge in [0.2, 0.25) is 0 Å². The molecular weight excluding hydrogens is 1700 g/mol. The average molecular weight is 1860 g/mol. The standard InChI is InChI=1S/C42H79N4O8P.C31H58NO5P.C14H19N3O8.3CO2.CH4/c1-43(2)29-30-44(3)31-32-45(37-41(47)48)38-42(49)52-35-28-40-26-24-39(25-27-40)23-21-19-17-15-13-11-9-7-8-10-12-14-16-18-20-22-34-53-55(50,51)54-36-33-46(4,5)6;1-32(2,3)26-29-37-38(34,35)36-28-19-17-15-13-11-9-7-5-4-6-8-10-12-14-16-18-20-30-21-23-31(24-22-30)25-27-33;18-10(19)5-15(1-3-16-6-11(20)24-12(21)7-16)2-4-17-8-13(22)25-14(23)9-17;3*2-1-3;/h24-27H,7-23,28-38H2,1-6H3,(H-,47,48,50,51);21-24,33H,4-20,25-29H2,1-3H3;1-9H2,(H,18,19);;;;1H4. The van der Waals surface area contributed by atoms with E-state index in [-0.39, 0.29) is 117 Å². The number of hydrogen-bond acceptors (Lipinski definition) is 31. The first kappa shape index (κ1) is 125. The van der Waals surface area contributed by atoms with Gasteiger partial charge in [-0.15, -0.1) is 0 Å². The van der Waals surface area contributed by atoms with E-state index in [2.05, 4.69) is 67.8 Å². The summed E-state index contributed by atoms with van der Waals surface area (Å²) in [6.07, 6.45) is 44.4. The summed E-state index contributed by atoms with van der Waals surface area (Å²) in [7, 11) is 9.67. The molecular formula is C91H160N8O27P2.